The molecule has 0 aliphatic heterocycles. The van der Waals surface area contributed by atoms with Crippen LogP contribution in [0.25, 0.3) is 0 Å². The van der Waals surface area contributed by atoms with Crippen LogP contribution in [-0.2, 0) is 28.7 Å². The van der Waals surface area contributed by atoms with Crippen LogP contribution in [0, 0.1) is 40.4 Å². The molecule has 0 N–H and O–H groups in total. The van der Waals surface area contributed by atoms with E-state index < -0.39 is 0 Å². The Bertz CT molecular complexity index is 976. The Morgan fingerprint density at radius 1 is 1.03 bits per heavy atom. The molecule has 0 aromatic heterocycles. The van der Waals surface area contributed by atoms with Crippen molar-refractivity contribution in [3.63, 3.8) is 0 Å². The smallest absolute Gasteiger partial charge is 0.305 e. The van der Waals surface area contributed by atoms with Crippen LogP contribution in [0.3, 0.4) is 0 Å². The number of ketones is 2. The van der Waals surface area contributed by atoms with Crippen LogP contribution >= 0.6 is 0 Å². The second-order valence-electron chi connectivity index (χ2n) is 11.6. The molecule has 4 aliphatic rings. The highest BCUT2D eigenvalue weighted by Gasteiger charge is 2.61. The third kappa shape index (κ3) is 4.42. The summed E-state index contributed by atoms with van der Waals surface area (Å²) in [5, 5.41) is 0. The first-order chi connectivity index (χ1) is 16.5. The zero-order valence-corrected chi connectivity index (χ0v) is 21.9. The highest BCUT2D eigenvalue weighted by atomic mass is 16.5. The predicted octanol–water partition coefficient (Wildman–Crippen LogP) is 5.00. The number of hydrogen-bond donors (Lipinski definition) is 0. The highest BCUT2D eigenvalue weighted by molar-refractivity contribution is 5.92. The van der Waals surface area contributed by atoms with Crippen molar-refractivity contribution < 1.29 is 28.7 Å². The zero-order chi connectivity index (χ0) is 25.5. The van der Waals surface area contributed by atoms with Gasteiger partial charge in [-0.25, -0.2) is 0 Å². The van der Waals surface area contributed by atoms with Crippen LogP contribution in [0.1, 0.15) is 79.6 Å². The van der Waals surface area contributed by atoms with Gasteiger partial charge in [-0.2, -0.15) is 0 Å². The number of esters is 2. The molecule has 0 spiro atoms. The molecule has 2 saturated carbocycles. The molecule has 0 radical (unpaired) electrons. The standard InChI is InChI=1S/C29H40O6/c1-6-25(32)34-15-18-13-23-20-12-17(3)22-14-19(30)8-10-28(22,4)21(20)9-11-29(23,5)27(18)24(31)16-35-26(33)7-2/h9,14,17-18,20,23,27H,6-8,10-13,15-16H2,1-5H3/t17-,18+,20+,23-,27+,28+,29-/m0/s1. The van der Waals surface area contributed by atoms with Crippen molar-refractivity contribution in [2.24, 2.45) is 40.4 Å². The molecule has 6 nitrogen and oxygen atoms in total. The first-order valence-electron chi connectivity index (χ1n) is 13.3. The molecule has 7 atom stereocenters. The Morgan fingerprint density at radius 3 is 2.40 bits per heavy atom. The van der Waals surface area contributed by atoms with Crippen molar-refractivity contribution in [2.45, 2.75) is 79.6 Å². The second-order valence-corrected chi connectivity index (χ2v) is 11.6. The SMILES string of the molecule is CCC(=O)OCC(=O)[C@H]1[C@@H](COC(=O)CC)C[C@H]2[C@@H]3C[C@H](C)C4=CC(=O)CC[C@]4(C)C3=CC[C@@]21C. The Labute approximate surface area is 208 Å². The topological polar surface area (TPSA) is 86.7 Å². The van der Waals surface area contributed by atoms with E-state index in [1.807, 2.05) is 6.08 Å². The van der Waals surface area contributed by atoms with Gasteiger partial charge in [-0.1, -0.05) is 51.8 Å². The molecule has 6 heteroatoms. The summed E-state index contributed by atoms with van der Waals surface area (Å²) >= 11 is 0. The monoisotopic (exact) mass is 484 g/mol. The summed E-state index contributed by atoms with van der Waals surface area (Å²) in [5.41, 5.74) is 2.33. The molecule has 0 bridgehead atoms. The minimum Gasteiger partial charge on any atom is -0.465 e. The first kappa shape index (κ1) is 25.8. The van der Waals surface area contributed by atoms with Gasteiger partial charge in [0, 0.05) is 36.5 Å². The van der Waals surface area contributed by atoms with E-state index in [0.29, 0.717) is 24.7 Å². The number of Topliss-reactive ketones (excluding diaryl/α,β-unsaturated/α-hetero) is 1. The molecule has 2 fully saturated rings. The fourth-order valence-corrected chi connectivity index (χ4v) is 7.89. The van der Waals surface area contributed by atoms with Crippen molar-refractivity contribution in [1.29, 1.82) is 0 Å². The van der Waals surface area contributed by atoms with Gasteiger partial charge in [0.1, 0.15) is 6.61 Å². The number of rotatable bonds is 7. The van der Waals surface area contributed by atoms with Gasteiger partial charge in [-0.3, -0.25) is 19.2 Å². The Kier molecular flexibility index (Phi) is 7.14. The third-order valence-electron chi connectivity index (χ3n) is 9.59. The van der Waals surface area contributed by atoms with E-state index in [-0.39, 0.29) is 71.7 Å². The maximum atomic E-state index is 13.5. The van der Waals surface area contributed by atoms with E-state index in [9.17, 15) is 19.2 Å². The minimum atomic E-state index is -0.377. The van der Waals surface area contributed by atoms with Gasteiger partial charge in [0.05, 0.1) is 6.61 Å². The maximum Gasteiger partial charge on any atom is 0.305 e. The maximum absolute atomic E-state index is 13.5. The number of hydrogen-bond acceptors (Lipinski definition) is 6. The molecule has 0 saturated heterocycles. The quantitative estimate of drug-likeness (QED) is 0.373. The van der Waals surface area contributed by atoms with E-state index in [2.05, 4.69) is 26.8 Å². The largest absolute Gasteiger partial charge is 0.465 e. The van der Waals surface area contributed by atoms with E-state index in [4.69, 9.17) is 9.47 Å². The molecule has 192 valence electrons. The van der Waals surface area contributed by atoms with Gasteiger partial charge in [-0.05, 0) is 54.9 Å². The van der Waals surface area contributed by atoms with Crippen LogP contribution in [-0.4, -0.2) is 36.7 Å². The lowest BCUT2D eigenvalue weighted by atomic mass is 9.49. The molecule has 0 aromatic rings. The normalized spacial score (nSPS) is 37.9. The summed E-state index contributed by atoms with van der Waals surface area (Å²) in [5.74, 6) is 0.0413. The van der Waals surface area contributed by atoms with E-state index >= 15 is 0 Å². The first-order valence-corrected chi connectivity index (χ1v) is 13.3. The summed E-state index contributed by atoms with van der Waals surface area (Å²) in [6, 6.07) is 0. The van der Waals surface area contributed by atoms with Crippen molar-refractivity contribution in [1.82, 2.24) is 0 Å². The van der Waals surface area contributed by atoms with E-state index in [1.165, 1.54) is 11.1 Å². The van der Waals surface area contributed by atoms with Crippen molar-refractivity contribution in [2.75, 3.05) is 13.2 Å². The molecule has 0 aromatic carbocycles. The highest BCUT2D eigenvalue weighted by Crippen LogP contribution is 2.66. The second kappa shape index (κ2) is 9.67. The molecule has 0 heterocycles. The van der Waals surface area contributed by atoms with Crippen LogP contribution in [0.2, 0.25) is 0 Å². The van der Waals surface area contributed by atoms with Crippen LogP contribution in [0.4, 0.5) is 0 Å². The number of allylic oxidation sites excluding steroid dienone is 4. The summed E-state index contributed by atoms with van der Waals surface area (Å²) in [6.45, 7) is 10.2. The molecular weight excluding hydrogens is 444 g/mol. The lowest BCUT2D eigenvalue weighted by molar-refractivity contribution is -0.151. The van der Waals surface area contributed by atoms with E-state index in [1.54, 1.807) is 13.8 Å². The molecule has 0 unspecified atom stereocenters. The lowest BCUT2D eigenvalue weighted by Crippen LogP contribution is -2.48. The fourth-order valence-electron chi connectivity index (χ4n) is 7.89. The Morgan fingerprint density at radius 2 is 1.71 bits per heavy atom. The van der Waals surface area contributed by atoms with Crippen molar-refractivity contribution >= 4 is 23.5 Å². The van der Waals surface area contributed by atoms with E-state index in [0.717, 1.165) is 25.7 Å². The number of carbonyl (C=O) groups excluding carboxylic acids is 4. The average Bonchev–Trinajstić information content (AvgIpc) is 3.14. The molecule has 0 amide bonds. The number of carbonyl (C=O) groups is 4. The van der Waals surface area contributed by atoms with Gasteiger partial charge in [-0.15, -0.1) is 0 Å². The molecule has 4 aliphatic carbocycles. The summed E-state index contributed by atoms with van der Waals surface area (Å²) in [7, 11) is 0. The van der Waals surface area contributed by atoms with Gasteiger partial charge in [0.15, 0.2) is 11.6 Å². The van der Waals surface area contributed by atoms with Gasteiger partial charge < -0.3 is 9.47 Å². The molecule has 4 rings (SSSR count). The molecule has 35 heavy (non-hydrogen) atoms. The average molecular weight is 485 g/mol. The van der Waals surface area contributed by atoms with Crippen molar-refractivity contribution in [3.8, 4) is 0 Å². The molecular formula is C29H40O6. The predicted molar refractivity (Wildman–Crippen MR) is 131 cm³/mol. The third-order valence-corrected chi connectivity index (χ3v) is 9.59. The lowest BCUT2D eigenvalue weighted by Gasteiger charge is -2.55. The fraction of sp³-hybridized carbons (Fsp3) is 0.724. The van der Waals surface area contributed by atoms with Crippen LogP contribution < -0.4 is 0 Å². The number of ether oxygens (including phenoxy) is 2. The Balaban J connectivity index is 1.67. The van der Waals surface area contributed by atoms with Gasteiger partial charge >= 0.3 is 11.9 Å². The zero-order valence-electron chi connectivity index (χ0n) is 21.9. The summed E-state index contributed by atoms with van der Waals surface area (Å²) in [6.07, 6.45) is 8.77. The Hall–Kier alpha value is -2.24. The van der Waals surface area contributed by atoms with Crippen molar-refractivity contribution in [3.05, 3.63) is 23.3 Å². The van der Waals surface area contributed by atoms with Gasteiger partial charge in [0.2, 0.25) is 0 Å². The summed E-state index contributed by atoms with van der Waals surface area (Å²) < 4.78 is 10.8. The minimum absolute atomic E-state index is 0.0647. The summed E-state index contributed by atoms with van der Waals surface area (Å²) in [4.78, 5) is 49.5. The van der Waals surface area contributed by atoms with Crippen LogP contribution in [0.5, 0.6) is 0 Å². The number of fused-ring (bicyclic) bond motifs is 5. The van der Waals surface area contributed by atoms with Gasteiger partial charge in [0.25, 0.3) is 0 Å². The van der Waals surface area contributed by atoms with Crippen LogP contribution in [0.15, 0.2) is 23.3 Å².